The van der Waals surface area contributed by atoms with Crippen LogP contribution in [0.2, 0.25) is 0 Å². The van der Waals surface area contributed by atoms with E-state index in [0.717, 1.165) is 78.6 Å². The Labute approximate surface area is 202 Å². The van der Waals surface area contributed by atoms with Crippen LogP contribution in [0.5, 0.6) is 0 Å². The third-order valence-electron chi connectivity index (χ3n) is 7.05. The number of piperidine rings is 1. The topological polar surface area (TPSA) is 69.3 Å². The summed E-state index contributed by atoms with van der Waals surface area (Å²) in [4.78, 5) is 19.6. The fraction of sp³-hybridized carbons (Fsp3) is 0.429. The number of piperazine rings is 1. The van der Waals surface area contributed by atoms with E-state index in [2.05, 4.69) is 40.2 Å². The van der Waals surface area contributed by atoms with Gasteiger partial charge in [-0.15, -0.1) is 0 Å². The van der Waals surface area contributed by atoms with E-state index in [1.165, 1.54) is 32.2 Å². The summed E-state index contributed by atoms with van der Waals surface area (Å²) in [6.45, 7) is 6.54. The van der Waals surface area contributed by atoms with Crippen LogP contribution in [0.3, 0.4) is 0 Å². The van der Waals surface area contributed by atoms with Crippen LogP contribution < -0.4 is 16.0 Å². The molecule has 34 heavy (non-hydrogen) atoms. The fourth-order valence-electron chi connectivity index (χ4n) is 5.09. The molecule has 0 radical (unpaired) electrons. The molecule has 2 saturated heterocycles. The molecule has 0 bridgehead atoms. The van der Waals surface area contributed by atoms with Crippen molar-refractivity contribution >= 4 is 22.5 Å². The number of hydrogen-bond acceptors (Lipinski definition) is 5. The van der Waals surface area contributed by atoms with E-state index in [4.69, 9.17) is 4.98 Å². The average molecular weight is 458 g/mol. The summed E-state index contributed by atoms with van der Waals surface area (Å²) in [5, 5.41) is 11.6. The number of rotatable bonds is 7. The molecule has 2 aliphatic heterocycles. The van der Waals surface area contributed by atoms with Crippen molar-refractivity contribution in [3.05, 3.63) is 60.2 Å². The lowest BCUT2D eigenvalue weighted by Gasteiger charge is -2.27. The molecule has 0 saturated carbocycles. The van der Waals surface area contributed by atoms with Gasteiger partial charge in [-0.25, -0.2) is 4.98 Å². The first kappa shape index (κ1) is 22.8. The summed E-state index contributed by atoms with van der Waals surface area (Å²) in [5.41, 5.74) is 4.81. The Morgan fingerprint density at radius 2 is 1.85 bits per heavy atom. The lowest BCUT2D eigenvalue weighted by molar-refractivity contribution is 0.0736. The number of nitrogens with one attached hydrogen (secondary N) is 3. The van der Waals surface area contributed by atoms with Gasteiger partial charge in [-0.2, -0.15) is 0 Å². The number of fused-ring (bicyclic) bond motifs is 1. The Morgan fingerprint density at radius 1 is 1.03 bits per heavy atom. The van der Waals surface area contributed by atoms with Crippen molar-refractivity contribution in [1.29, 1.82) is 0 Å². The maximum atomic E-state index is 12.8. The van der Waals surface area contributed by atoms with Crippen LogP contribution in [0, 0.1) is 5.92 Å². The lowest BCUT2D eigenvalue weighted by atomic mass is 9.95. The smallest absolute Gasteiger partial charge is 0.253 e. The molecular formula is C28H35N5O. The number of aromatic nitrogens is 1. The van der Waals surface area contributed by atoms with Crippen LogP contribution in [0.1, 0.15) is 36.0 Å². The first-order chi connectivity index (χ1) is 16.8. The summed E-state index contributed by atoms with van der Waals surface area (Å²) < 4.78 is 0. The summed E-state index contributed by atoms with van der Waals surface area (Å²) in [7, 11) is 0. The van der Waals surface area contributed by atoms with E-state index in [1.807, 2.05) is 35.2 Å². The number of hydrogen-bond donors (Lipinski definition) is 3. The van der Waals surface area contributed by atoms with E-state index in [1.54, 1.807) is 0 Å². The molecule has 1 atom stereocenters. The molecule has 2 aliphatic rings. The Morgan fingerprint density at radius 3 is 2.65 bits per heavy atom. The molecule has 1 unspecified atom stereocenters. The van der Waals surface area contributed by atoms with Crippen molar-refractivity contribution in [3.8, 4) is 11.3 Å². The Balaban J connectivity index is 1.30. The van der Waals surface area contributed by atoms with Gasteiger partial charge in [0.15, 0.2) is 0 Å². The third-order valence-corrected chi connectivity index (χ3v) is 7.05. The van der Waals surface area contributed by atoms with E-state index in [0.29, 0.717) is 0 Å². The Hall–Kier alpha value is -2.96. The average Bonchev–Trinajstić information content (AvgIpc) is 2.91. The maximum absolute atomic E-state index is 12.8. The van der Waals surface area contributed by atoms with Gasteiger partial charge in [0.1, 0.15) is 0 Å². The summed E-state index contributed by atoms with van der Waals surface area (Å²) in [6, 6.07) is 18.4. The van der Waals surface area contributed by atoms with Crippen molar-refractivity contribution in [2.45, 2.75) is 25.7 Å². The van der Waals surface area contributed by atoms with Gasteiger partial charge in [-0.05, 0) is 69.0 Å². The highest BCUT2D eigenvalue weighted by Crippen LogP contribution is 2.29. The van der Waals surface area contributed by atoms with Crippen molar-refractivity contribution in [2.24, 2.45) is 5.92 Å². The molecule has 0 spiro atoms. The molecule has 3 heterocycles. The second-order valence-corrected chi connectivity index (χ2v) is 9.47. The van der Waals surface area contributed by atoms with Crippen molar-refractivity contribution in [3.63, 3.8) is 0 Å². The van der Waals surface area contributed by atoms with Crippen molar-refractivity contribution in [2.75, 3.05) is 51.1 Å². The minimum Gasteiger partial charge on any atom is -0.384 e. The number of anilines is 1. The van der Waals surface area contributed by atoms with Crippen molar-refractivity contribution in [1.82, 2.24) is 20.5 Å². The quantitative estimate of drug-likeness (QED) is 0.465. The van der Waals surface area contributed by atoms with Crippen LogP contribution >= 0.6 is 0 Å². The second-order valence-electron chi connectivity index (χ2n) is 9.47. The van der Waals surface area contributed by atoms with Gasteiger partial charge in [0, 0.05) is 54.9 Å². The van der Waals surface area contributed by atoms with Crippen LogP contribution in [0.15, 0.2) is 54.6 Å². The zero-order valence-corrected chi connectivity index (χ0v) is 19.9. The summed E-state index contributed by atoms with van der Waals surface area (Å²) in [5.74, 6) is 0.915. The van der Waals surface area contributed by atoms with Gasteiger partial charge in [0.05, 0.1) is 11.2 Å². The lowest BCUT2D eigenvalue weighted by Crippen LogP contribution is -2.46. The number of nitrogens with zero attached hydrogens (tertiary/aromatic N) is 2. The molecule has 6 heteroatoms. The predicted octanol–water partition coefficient (Wildman–Crippen LogP) is 4.14. The van der Waals surface area contributed by atoms with Gasteiger partial charge < -0.3 is 20.9 Å². The Kier molecular flexibility index (Phi) is 7.37. The third kappa shape index (κ3) is 5.40. The standard InChI is InChI=1S/C28H35N5O/c34-28(33-17-15-29-16-18-33)23-11-9-22(10-12-23)26-19-27(24-7-1-2-8-25(24)32-26)31-14-4-6-21-5-3-13-30-20-21/h1-2,7-12,19,21,29-30H,3-6,13-18,20H2,(H,31,32). The molecule has 2 aromatic carbocycles. The molecule has 5 rings (SSSR count). The highest BCUT2D eigenvalue weighted by Gasteiger charge is 2.18. The summed E-state index contributed by atoms with van der Waals surface area (Å²) in [6.07, 6.45) is 5.08. The summed E-state index contributed by atoms with van der Waals surface area (Å²) >= 11 is 0. The van der Waals surface area contributed by atoms with E-state index in [9.17, 15) is 4.79 Å². The molecular weight excluding hydrogens is 422 g/mol. The van der Waals surface area contributed by atoms with Crippen LogP contribution in [0.25, 0.3) is 22.2 Å². The van der Waals surface area contributed by atoms with Crippen LogP contribution in [0.4, 0.5) is 5.69 Å². The molecule has 3 N–H and O–H groups in total. The van der Waals surface area contributed by atoms with Gasteiger partial charge in [-0.1, -0.05) is 30.3 Å². The number of carbonyl (C=O) groups is 1. The normalized spacial score (nSPS) is 18.7. The molecule has 1 aromatic heterocycles. The van der Waals surface area contributed by atoms with E-state index < -0.39 is 0 Å². The maximum Gasteiger partial charge on any atom is 0.253 e. The molecule has 0 aliphatic carbocycles. The number of para-hydroxylation sites is 1. The number of amides is 1. The van der Waals surface area contributed by atoms with Gasteiger partial charge >= 0.3 is 0 Å². The minimum absolute atomic E-state index is 0.107. The van der Waals surface area contributed by atoms with E-state index in [-0.39, 0.29) is 5.91 Å². The van der Waals surface area contributed by atoms with Crippen LogP contribution in [-0.4, -0.2) is 61.6 Å². The van der Waals surface area contributed by atoms with Crippen LogP contribution in [-0.2, 0) is 0 Å². The largest absolute Gasteiger partial charge is 0.384 e. The second kappa shape index (κ2) is 11.0. The zero-order chi connectivity index (χ0) is 23.2. The SMILES string of the molecule is O=C(c1ccc(-c2cc(NCCCC3CCCNC3)c3ccccc3n2)cc1)N1CCNCC1. The number of benzene rings is 2. The van der Waals surface area contributed by atoms with E-state index >= 15 is 0 Å². The fourth-order valence-corrected chi connectivity index (χ4v) is 5.09. The molecule has 178 valence electrons. The molecule has 2 fully saturated rings. The molecule has 6 nitrogen and oxygen atoms in total. The van der Waals surface area contributed by atoms with Gasteiger partial charge in [-0.3, -0.25) is 4.79 Å². The van der Waals surface area contributed by atoms with Crippen molar-refractivity contribution < 1.29 is 4.79 Å². The minimum atomic E-state index is 0.107. The highest BCUT2D eigenvalue weighted by atomic mass is 16.2. The molecule has 3 aromatic rings. The predicted molar refractivity (Wildman–Crippen MR) is 139 cm³/mol. The highest BCUT2D eigenvalue weighted by molar-refractivity contribution is 5.96. The molecule has 1 amide bonds. The number of pyridine rings is 1. The first-order valence-electron chi connectivity index (χ1n) is 12.7. The monoisotopic (exact) mass is 457 g/mol. The number of carbonyl (C=O) groups excluding carboxylic acids is 1. The van der Waals surface area contributed by atoms with Gasteiger partial charge in [0.2, 0.25) is 0 Å². The Bertz CT molecular complexity index is 1100. The zero-order valence-electron chi connectivity index (χ0n) is 19.9. The van der Waals surface area contributed by atoms with Gasteiger partial charge in [0.25, 0.3) is 5.91 Å². The first-order valence-corrected chi connectivity index (χ1v) is 12.7.